The monoisotopic (exact) mass is 179 g/mol. The second-order valence-corrected chi connectivity index (χ2v) is 3.31. The summed E-state index contributed by atoms with van der Waals surface area (Å²) in [5.74, 6) is -0.347. The molecule has 4 heteroatoms. The van der Waals surface area contributed by atoms with Crippen molar-refractivity contribution in [3.8, 4) is 0 Å². The van der Waals surface area contributed by atoms with E-state index in [1.54, 1.807) is 0 Å². The first-order valence-corrected chi connectivity index (χ1v) is 4.47. The van der Waals surface area contributed by atoms with E-state index in [2.05, 4.69) is 9.88 Å². The molecule has 1 aromatic rings. The summed E-state index contributed by atoms with van der Waals surface area (Å²) in [4.78, 5) is 10.9. The SMILES string of the molecule is NC(=O)c1cc2n(c1)CCCNC2. The van der Waals surface area contributed by atoms with Gasteiger partial charge in [0.25, 0.3) is 0 Å². The van der Waals surface area contributed by atoms with E-state index in [9.17, 15) is 4.79 Å². The largest absolute Gasteiger partial charge is 0.366 e. The summed E-state index contributed by atoms with van der Waals surface area (Å²) in [6.45, 7) is 2.83. The van der Waals surface area contributed by atoms with Gasteiger partial charge < -0.3 is 15.6 Å². The summed E-state index contributed by atoms with van der Waals surface area (Å²) < 4.78 is 2.10. The molecule has 0 aliphatic carbocycles. The van der Waals surface area contributed by atoms with Gasteiger partial charge in [-0.15, -0.1) is 0 Å². The van der Waals surface area contributed by atoms with Crippen molar-refractivity contribution in [2.75, 3.05) is 6.54 Å². The molecule has 0 spiro atoms. The van der Waals surface area contributed by atoms with Gasteiger partial charge in [0.2, 0.25) is 5.91 Å². The Kier molecular flexibility index (Phi) is 2.06. The number of hydrogen-bond acceptors (Lipinski definition) is 2. The molecule has 1 aliphatic heterocycles. The van der Waals surface area contributed by atoms with Crippen LogP contribution in [0.1, 0.15) is 22.5 Å². The summed E-state index contributed by atoms with van der Waals surface area (Å²) in [5.41, 5.74) is 6.95. The van der Waals surface area contributed by atoms with Crippen molar-refractivity contribution in [3.63, 3.8) is 0 Å². The van der Waals surface area contributed by atoms with Crippen LogP contribution in [0.3, 0.4) is 0 Å². The van der Waals surface area contributed by atoms with Gasteiger partial charge in [-0.05, 0) is 19.0 Å². The number of primary amides is 1. The van der Waals surface area contributed by atoms with Crippen molar-refractivity contribution in [2.24, 2.45) is 5.73 Å². The molecule has 13 heavy (non-hydrogen) atoms. The van der Waals surface area contributed by atoms with Crippen LogP contribution in [-0.4, -0.2) is 17.0 Å². The summed E-state index contributed by atoms with van der Waals surface area (Å²) >= 11 is 0. The van der Waals surface area contributed by atoms with Crippen LogP contribution >= 0.6 is 0 Å². The molecule has 0 atom stereocenters. The fourth-order valence-electron chi connectivity index (χ4n) is 1.64. The lowest BCUT2D eigenvalue weighted by atomic mass is 10.3. The van der Waals surface area contributed by atoms with Gasteiger partial charge in [0.1, 0.15) is 0 Å². The quantitative estimate of drug-likeness (QED) is 0.641. The van der Waals surface area contributed by atoms with E-state index < -0.39 is 0 Å². The second kappa shape index (κ2) is 3.22. The fourth-order valence-corrected chi connectivity index (χ4v) is 1.64. The minimum Gasteiger partial charge on any atom is -0.366 e. The molecule has 2 heterocycles. The van der Waals surface area contributed by atoms with Gasteiger partial charge >= 0.3 is 0 Å². The van der Waals surface area contributed by atoms with Crippen LogP contribution in [0.4, 0.5) is 0 Å². The topological polar surface area (TPSA) is 60.1 Å². The van der Waals surface area contributed by atoms with Gasteiger partial charge in [0, 0.05) is 25.0 Å². The smallest absolute Gasteiger partial charge is 0.250 e. The van der Waals surface area contributed by atoms with Crippen molar-refractivity contribution in [2.45, 2.75) is 19.5 Å². The van der Waals surface area contributed by atoms with Crippen LogP contribution < -0.4 is 11.1 Å². The molecule has 1 amide bonds. The number of carbonyl (C=O) groups is 1. The molecule has 1 aliphatic rings. The number of nitrogens with zero attached hydrogens (tertiary/aromatic N) is 1. The maximum atomic E-state index is 10.9. The van der Waals surface area contributed by atoms with Crippen molar-refractivity contribution in [1.29, 1.82) is 0 Å². The molecule has 0 bridgehead atoms. The fraction of sp³-hybridized carbons (Fsp3) is 0.444. The number of rotatable bonds is 1. The number of nitrogens with one attached hydrogen (secondary N) is 1. The third-order valence-corrected chi connectivity index (χ3v) is 2.33. The van der Waals surface area contributed by atoms with E-state index in [0.29, 0.717) is 5.56 Å². The van der Waals surface area contributed by atoms with E-state index in [-0.39, 0.29) is 5.91 Å². The van der Waals surface area contributed by atoms with Crippen LogP contribution in [-0.2, 0) is 13.1 Å². The van der Waals surface area contributed by atoms with Crippen LogP contribution in [0.2, 0.25) is 0 Å². The van der Waals surface area contributed by atoms with Crippen LogP contribution in [0, 0.1) is 0 Å². The molecule has 70 valence electrons. The molecule has 0 unspecified atom stereocenters. The predicted molar refractivity (Wildman–Crippen MR) is 49.3 cm³/mol. The summed E-state index contributed by atoms with van der Waals surface area (Å²) in [6, 6.07) is 1.86. The van der Waals surface area contributed by atoms with Crippen molar-refractivity contribution < 1.29 is 4.79 Å². The van der Waals surface area contributed by atoms with Crippen LogP contribution in [0.5, 0.6) is 0 Å². The molecule has 1 aromatic heterocycles. The Morgan fingerprint density at radius 1 is 1.62 bits per heavy atom. The number of hydrogen-bond donors (Lipinski definition) is 2. The van der Waals surface area contributed by atoms with Gasteiger partial charge in [-0.1, -0.05) is 0 Å². The first-order valence-electron chi connectivity index (χ1n) is 4.47. The zero-order chi connectivity index (χ0) is 9.26. The number of nitrogens with two attached hydrogens (primary N) is 1. The highest BCUT2D eigenvalue weighted by Crippen LogP contribution is 2.11. The molecular formula is C9H13N3O. The number of amides is 1. The molecule has 0 saturated carbocycles. The highest BCUT2D eigenvalue weighted by molar-refractivity contribution is 5.92. The summed E-state index contributed by atoms with van der Waals surface area (Å²) in [7, 11) is 0. The lowest BCUT2D eigenvalue weighted by Gasteiger charge is -2.00. The van der Waals surface area contributed by atoms with Crippen LogP contribution in [0.15, 0.2) is 12.3 Å². The van der Waals surface area contributed by atoms with Crippen molar-refractivity contribution >= 4 is 5.91 Å². The Balaban J connectivity index is 2.32. The summed E-state index contributed by atoms with van der Waals surface area (Å²) in [5, 5.41) is 3.28. The van der Waals surface area contributed by atoms with E-state index >= 15 is 0 Å². The lowest BCUT2D eigenvalue weighted by Crippen LogP contribution is -2.12. The normalized spacial score (nSPS) is 16.3. The van der Waals surface area contributed by atoms with Gasteiger partial charge in [-0.25, -0.2) is 0 Å². The molecule has 0 fully saturated rings. The standard InChI is InChI=1S/C9H13N3O/c10-9(13)7-4-8-5-11-2-1-3-12(8)6-7/h4,6,11H,1-3,5H2,(H2,10,13). The highest BCUT2D eigenvalue weighted by Gasteiger charge is 2.11. The molecule has 4 nitrogen and oxygen atoms in total. The third-order valence-electron chi connectivity index (χ3n) is 2.33. The maximum Gasteiger partial charge on any atom is 0.250 e. The Hall–Kier alpha value is -1.29. The molecule has 3 N–H and O–H groups in total. The molecule has 0 aromatic carbocycles. The zero-order valence-corrected chi connectivity index (χ0v) is 7.42. The maximum absolute atomic E-state index is 10.9. The average Bonchev–Trinajstić information content (AvgIpc) is 2.38. The van der Waals surface area contributed by atoms with Crippen molar-refractivity contribution in [1.82, 2.24) is 9.88 Å². The number of carbonyl (C=O) groups excluding carboxylic acids is 1. The lowest BCUT2D eigenvalue weighted by molar-refractivity contribution is 0.1000. The molecule has 0 radical (unpaired) electrons. The first kappa shape index (κ1) is 8.31. The van der Waals surface area contributed by atoms with Gasteiger partial charge in [0.05, 0.1) is 5.56 Å². The van der Waals surface area contributed by atoms with E-state index in [1.165, 1.54) is 0 Å². The third kappa shape index (κ3) is 1.58. The van der Waals surface area contributed by atoms with E-state index in [0.717, 1.165) is 31.7 Å². The number of aryl methyl sites for hydroxylation is 1. The Labute approximate surface area is 76.7 Å². The van der Waals surface area contributed by atoms with Crippen molar-refractivity contribution in [3.05, 3.63) is 23.5 Å². The van der Waals surface area contributed by atoms with Crippen LogP contribution in [0.25, 0.3) is 0 Å². The summed E-state index contributed by atoms with van der Waals surface area (Å²) in [6.07, 6.45) is 2.94. The zero-order valence-electron chi connectivity index (χ0n) is 7.42. The number of aromatic nitrogens is 1. The average molecular weight is 179 g/mol. The highest BCUT2D eigenvalue weighted by atomic mass is 16.1. The number of fused-ring (bicyclic) bond motifs is 1. The Bertz CT molecular complexity index is 306. The van der Waals surface area contributed by atoms with Gasteiger partial charge in [-0.3, -0.25) is 4.79 Å². The molecule has 2 rings (SSSR count). The first-order chi connectivity index (χ1) is 6.27. The Morgan fingerprint density at radius 3 is 3.23 bits per heavy atom. The van der Waals surface area contributed by atoms with E-state index in [1.807, 2.05) is 12.3 Å². The Morgan fingerprint density at radius 2 is 2.46 bits per heavy atom. The second-order valence-electron chi connectivity index (χ2n) is 3.31. The van der Waals surface area contributed by atoms with E-state index in [4.69, 9.17) is 5.73 Å². The molecule has 0 saturated heterocycles. The minimum atomic E-state index is -0.347. The minimum absolute atomic E-state index is 0.347. The molecular weight excluding hydrogens is 166 g/mol. The van der Waals surface area contributed by atoms with Gasteiger partial charge in [0.15, 0.2) is 0 Å². The predicted octanol–water partition coefficient (Wildman–Crippen LogP) is 0.0803. The van der Waals surface area contributed by atoms with Gasteiger partial charge in [-0.2, -0.15) is 0 Å².